The van der Waals surface area contributed by atoms with Crippen LogP contribution in [0.2, 0.25) is 0 Å². The van der Waals surface area contributed by atoms with Crippen LogP contribution in [0.1, 0.15) is 21.9 Å². The minimum Gasteiger partial charge on any atom is -0.364 e. The highest BCUT2D eigenvalue weighted by Crippen LogP contribution is 2.25. The molecule has 34 heavy (non-hydrogen) atoms. The Morgan fingerprint density at radius 1 is 0.941 bits per heavy atom. The summed E-state index contributed by atoms with van der Waals surface area (Å²) in [6, 6.07) is 23.8. The molecule has 0 aliphatic heterocycles. The number of thiophene rings is 1. The minimum atomic E-state index is -0.368. The Kier molecular flexibility index (Phi) is 6.58. The van der Waals surface area contributed by atoms with Gasteiger partial charge in [0.2, 0.25) is 5.91 Å². The van der Waals surface area contributed by atoms with Gasteiger partial charge in [0.15, 0.2) is 5.65 Å². The van der Waals surface area contributed by atoms with Crippen molar-refractivity contribution in [1.82, 2.24) is 25.1 Å². The second-order valence-corrected chi connectivity index (χ2v) is 8.84. The highest BCUT2D eigenvalue weighted by molar-refractivity contribution is 7.09. The maximum Gasteiger partial charge on any atom is 0.232 e. The number of nitrogens with zero attached hydrogens (tertiary/aromatic N) is 4. The number of hydrogen-bond donors (Lipinski definition) is 2. The first-order valence-electron chi connectivity index (χ1n) is 11.1. The van der Waals surface area contributed by atoms with Gasteiger partial charge in [0.05, 0.1) is 30.6 Å². The van der Waals surface area contributed by atoms with Gasteiger partial charge in [-0.25, -0.2) is 14.6 Å². The van der Waals surface area contributed by atoms with Crippen LogP contribution in [-0.2, 0) is 17.9 Å². The van der Waals surface area contributed by atoms with Gasteiger partial charge in [0, 0.05) is 11.4 Å². The largest absolute Gasteiger partial charge is 0.364 e. The topological polar surface area (TPSA) is 84.7 Å². The van der Waals surface area contributed by atoms with Crippen molar-refractivity contribution in [3.05, 3.63) is 107 Å². The van der Waals surface area contributed by atoms with Crippen LogP contribution in [0.15, 0.2) is 90.7 Å². The molecule has 0 aliphatic carbocycles. The first-order valence-corrected chi connectivity index (χ1v) is 12.0. The standard InChI is InChI=1S/C26H24N6OS/c33-26(23(19-8-3-1-4-9-19)20-10-5-2-6-11-20)27-13-14-32-25-22(17-31-32)24(29-18-30-25)28-16-21-12-7-15-34-21/h1-12,15,17-18,23H,13-14,16H2,(H,27,33)(H,28,29,30). The van der Waals surface area contributed by atoms with Crippen LogP contribution < -0.4 is 10.6 Å². The molecule has 1 amide bonds. The van der Waals surface area contributed by atoms with E-state index in [1.165, 1.54) is 11.2 Å². The molecule has 3 heterocycles. The van der Waals surface area contributed by atoms with E-state index in [0.29, 0.717) is 19.6 Å². The fourth-order valence-corrected chi connectivity index (χ4v) is 4.60. The summed E-state index contributed by atoms with van der Waals surface area (Å²) in [5.74, 6) is 0.343. The predicted molar refractivity (Wildman–Crippen MR) is 135 cm³/mol. The van der Waals surface area contributed by atoms with Gasteiger partial charge in [-0.2, -0.15) is 5.10 Å². The van der Waals surface area contributed by atoms with E-state index in [2.05, 4.69) is 37.1 Å². The lowest BCUT2D eigenvalue weighted by Crippen LogP contribution is -2.32. The maximum absolute atomic E-state index is 13.2. The number of amides is 1. The van der Waals surface area contributed by atoms with E-state index in [4.69, 9.17) is 0 Å². The van der Waals surface area contributed by atoms with E-state index in [9.17, 15) is 4.79 Å². The van der Waals surface area contributed by atoms with Crippen LogP contribution in [0, 0.1) is 0 Å². The van der Waals surface area contributed by atoms with Gasteiger partial charge in [-0.1, -0.05) is 66.7 Å². The van der Waals surface area contributed by atoms with Crippen LogP contribution in [-0.4, -0.2) is 32.2 Å². The number of aromatic nitrogens is 4. The molecule has 0 saturated carbocycles. The number of benzene rings is 2. The molecule has 0 radical (unpaired) electrons. The minimum absolute atomic E-state index is 0.0400. The molecule has 0 spiro atoms. The molecule has 0 bridgehead atoms. The molecule has 0 aliphatic rings. The Morgan fingerprint density at radius 3 is 2.35 bits per heavy atom. The quantitative estimate of drug-likeness (QED) is 0.334. The molecule has 3 aromatic heterocycles. The first-order chi connectivity index (χ1) is 16.8. The number of carbonyl (C=O) groups excluding carboxylic acids is 1. The fourth-order valence-electron chi connectivity index (χ4n) is 3.95. The van der Waals surface area contributed by atoms with Crippen LogP contribution in [0.3, 0.4) is 0 Å². The van der Waals surface area contributed by atoms with Gasteiger partial charge in [0.25, 0.3) is 0 Å². The van der Waals surface area contributed by atoms with Crippen molar-refractivity contribution in [2.45, 2.75) is 19.0 Å². The van der Waals surface area contributed by atoms with E-state index in [-0.39, 0.29) is 11.8 Å². The van der Waals surface area contributed by atoms with E-state index in [0.717, 1.165) is 28.0 Å². The first kappa shape index (κ1) is 21.8. The summed E-state index contributed by atoms with van der Waals surface area (Å²) >= 11 is 1.70. The van der Waals surface area contributed by atoms with Gasteiger partial charge in [-0.15, -0.1) is 11.3 Å². The molecule has 170 valence electrons. The summed E-state index contributed by atoms with van der Waals surface area (Å²) in [5.41, 5.74) is 2.66. The van der Waals surface area contributed by atoms with Crippen molar-refractivity contribution < 1.29 is 4.79 Å². The molecule has 0 atom stereocenters. The third-order valence-corrected chi connectivity index (χ3v) is 6.47. The second-order valence-electron chi connectivity index (χ2n) is 7.81. The number of rotatable bonds is 9. The van der Waals surface area contributed by atoms with Crippen LogP contribution in [0.25, 0.3) is 11.0 Å². The molecule has 2 aromatic carbocycles. The van der Waals surface area contributed by atoms with Crippen molar-refractivity contribution in [1.29, 1.82) is 0 Å². The lowest BCUT2D eigenvalue weighted by atomic mass is 9.90. The lowest BCUT2D eigenvalue weighted by Gasteiger charge is -2.18. The molecular weight excluding hydrogens is 444 g/mol. The number of nitrogens with one attached hydrogen (secondary N) is 2. The van der Waals surface area contributed by atoms with Crippen molar-refractivity contribution >= 4 is 34.1 Å². The molecule has 2 N–H and O–H groups in total. The third-order valence-electron chi connectivity index (χ3n) is 5.59. The summed E-state index contributed by atoms with van der Waals surface area (Å²) in [5, 5.41) is 13.8. The zero-order valence-electron chi connectivity index (χ0n) is 18.5. The van der Waals surface area contributed by atoms with Gasteiger partial charge in [0.1, 0.15) is 12.1 Å². The smallest absolute Gasteiger partial charge is 0.232 e. The fraction of sp³-hybridized carbons (Fsp3) is 0.154. The van der Waals surface area contributed by atoms with Crippen LogP contribution in [0.5, 0.6) is 0 Å². The maximum atomic E-state index is 13.2. The SMILES string of the molecule is O=C(NCCn1ncc2c(NCc3cccs3)ncnc21)C(c1ccccc1)c1ccccc1. The Hall–Kier alpha value is -4.04. The Morgan fingerprint density at radius 2 is 1.68 bits per heavy atom. The second kappa shape index (κ2) is 10.3. The van der Waals surface area contributed by atoms with Gasteiger partial charge >= 0.3 is 0 Å². The van der Waals surface area contributed by atoms with E-state index >= 15 is 0 Å². The summed E-state index contributed by atoms with van der Waals surface area (Å²) in [6.07, 6.45) is 3.31. The number of hydrogen-bond acceptors (Lipinski definition) is 6. The Labute approximate surface area is 201 Å². The third kappa shape index (κ3) is 4.82. The van der Waals surface area contributed by atoms with Crippen LogP contribution in [0.4, 0.5) is 5.82 Å². The summed E-state index contributed by atoms with van der Waals surface area (Å²) in [7, 11) is 0. The van der Waals surface area contributed by atoms with Crippen molar-refractivity contribution in [3.63, 3.8) is 0 Å². The molecule has 0 unspecified atom stereocenters. The van der Waals surface area contributed by atoms with E-state index in [1.807, 2.05) is 66.7 Å². The van der Waals surface area contributed by atoms with Crippen molar-refractivity contribution in [3.8, 4) is 0 Å². The molecule has 8 heteroatoms. The average molecular weight is 469 g/mol. The monoisotopic (exact) mass is 468 g/mol. The number of fused-ring (bicyclic) bond motifs is 1. The summed E-state index contributed by atoms with van der Waals surface area (Å²) < 4.78 is 1.80. The van der Waals surface area contributed by atoms with E-state index < -0.39 is 0 Å². The van der Waals surface area contributed by atoms with Gasteiger partial charge in [-0.05, 0) is 22.6 Å². The zero-order chi connectivity index (χ0) is 23.2. The van der Waals surface area contributed by atoms with Crippen LogP contribution >= 0.6 is 11.3 Å². The predicted octanol–water partition coefficient (Wildman–Crippen LogP) is 4.45. The van der Waals surface area contributed by atoms with Crippen molar-refractivity contribution in [2.24, 2.45) is 0 Å². The Bertz CT molecular complexity index is 1310. The summed E-state index contributed by atoms with van der Waals surface area (Å²) in [6.45, 7) is 1.64. The molecule has 5 aromatic rings. The normalized spacial score (nSPS) is 11.1. The van der Waals surface area contributed by atoms with Crippen molar-refractivity contribution in [2.75, 3.05) is 11.9 Å². The van der Waals surface area contributed by atoms with E-state index in [1.54, 1.807) is 22.2 Å². The number of anilines is 1. The highest BCUT2D eigenvalue weighted by Gasteiger charge is 2.22. The summed E-state index contributed by atoms with van der Waals surface area (Å²) in [4.78, 5) is 23.2. The zero-order valence-corrected chi connectivity index (χ0v) is 19.3. The molecule has 0 saturated heterocycles. The van der Waals surface area contributed by atoms with Gasteiger partial charge < -0.3 is 10.6 Å². The molecule has 0 fully saturated rings. The molecule has 7 nitrogen and oxygen atoms in total. The number of carbonyl (C=O) groups is 1. The lowest BCUT2D eigenvalue weighted by molar-refractivity contribution is -0.121. The average Bonchev–Trinajstić information content (AvgIpc) is 3.55. The molecular formula is C26H24N6OS. The molecule has 5 rings (SSSR count). The van der Waals surface area contributed by atoms with Gasteiger partial charge in [-0.3, -0.25) is 4.79 Å². The highest BCUT2D eigenvalue weighted by atomic mass is 32.1. The Balaban J connectivity index is 1.27.